The zero-order valence-electron chi connectivity index (χ0n) is 9.57. The van der Waals surface area contributed by atoms with E-state index in [0.29, 0.717) is 12.0 Å². The van der Waals surface area contributed by atoms with Crippen molar-refractivity contribution in [1.29, 1.82) is 5.41 Å². The molecule has 4 heteroatoms. The summed E-state index contributed by atoms with van der Waals surface area (Å²) in [6, 6.07) is 0.322. The molecular weight excluding hydrogens is 188 g/mol. The third kappa shape index (κ3) is 1.94. The Bertz CT molecular complexity index is 363. The van der Waals surface area contributed by atoms with Gasteiger partial charge in [-0.15, -0.1) is 0 Å². The maximum Gasteiger partial charge on any atom is 0.154 e. The Morgan fingerprint density at radius 1 is 1.40 bits per heavy atom. The van der Waals surface area contributed by atoms with E-state index in [9.17, 15) is 0 Å². The third-order valence-corrected chi connectivity index (χ3v) is 2.76. The van der Waals surface area contributed by atoms with Gasteiger partial charge in [-0.3, -0.25) is 0 Å². The molecule has 15 heavy (non-hydrogen) atoms. The molecule has 1 aliphatic rings. The van der Waals surface area contributed by atoms with Gasteiger partial charge < -0.3 is 5.41 Å². The topological polar surface area (TPSA) is 54.6 Å². The van der Waals surface area contributed by atoms with Gasteiger partial charge in [0, 0.05) is 18.2 Å². The summed E-state index contributed by atoms with van der Waals surface area (Å²) >= 11 is 0. The molecule has 0 saturated heterocycles. The minimum Gasteiger partial charge on any atom is -0.312 e. The summed E-state index contributed by atoms with van der Waals surface area (Å²) in [5.74, 6) is 2.56. The van der Waals surface area contributed by atoms with E-state index < -0.39 is 0 Å². The fraction of sp³-hybridized carbons (Fsp3) is 0.727. The van der Waals surface area contributed by atoms with Gasteiger partial charge in [-0.25, -0.2) is 9.67 Å². The van der Waals surface area contributed by atoms with Gasteiger partial charge in [0.2, 0.25) is 0 Å². The van der Waals surface area contributed by atoms with Crippen LogP contribution >= 0.6 is 0 Å². The highest BCUT2D eigenvalue weighted by Crippen LogP contribution is 2.38. The molecule has 1 aromatic heterocycles. The molecule has 0 radical (unpaired) electrons. The van der Waals surface area contributed by atoms with Gasteiger partial charge in [0.05, 0.1) is 5.92 Å². The summed E-state index contributed by atoms with van der Waals surface area (Å²) in [4.78, 5) is 4.56. The smallest absolute Gasteiger partial charge is 0.154 e. The summed E-state index contributed by atoms with van der Waals surface area (Å²) in [5, 5.41) is 11.9. The lowest BCUT2D eigenvalue weighted by Crippen LogP contribution is -2.11. The summed E-state index contributed by atoms with van der Waals surface area (Å²) in [7, 11) is 0. The molecule has 0 aliphatic heterocycles. The average molecular weight is 206 g/mol. The molecule has 1 fully saturated rings. The molecule has 1 heterocycles. The van der Waals surface area contributed by atoms with E-state index in [-0.39, 0.29) is 5.92 Å². The normalized spacial score (nSPS) is 18.1. The largest absolute Gasteiger partial charge is 0.312 e. The van der Waals surface area contributed by atoms with Crippen molar-refractivity contribution >= 4 is 6.21 Å². The van der Waals surface area contributed by atoms with Crippen molar-refractivity contribution in [3.63, 3.8) is 0 Å². The fourth-order valence-corrected chi connectivity index (χ4v) is 1.63. The zero-order chi connectivity index (χ0) is 11.0. The van der Waals surface area contributed by atoms with Crippen LogP contribution in [0.1, 0.15) is 63.1 Å². The SMILES string of the molecule is CC(C=N)c1nc(C2CC2)nn1C(C)C. The maximum absolute atomic E-state index is 7.31. The van der Waals surface area contributed by atoms with Crippen LogP contribution in [0, 0.1) is 5.41 Å². The highest BCUT2D eigenvalue weighted by atomic mass is 15.4. The molecule has 1 N–H and O–H groups in total. The van der Waals surface area contributed by atoms with Crippen molar-refractivity contribution in [2.24, 2.45) is 0 Å². The predicted octanol–water partition coefficient (Wildman–Crippen LogP) is 2.49. The summed E-state index contributed by atoms with van der Waals surface area (Å²) in [5.41, 5.74) is 0. The standard InChI is InChI=1S/C11H18N4/c1-7(2)15-11(8(3)6-12)13-10(14-15)9-4-5-9/h6-9,12H,4-5H2,1-3H3. The second-order valence-corrected chi connectivity index (χ2v) is 4.60. The van der Waals surface area contributed by atoms with E-state index in [2.05, 4.69) is 23.9 Å². The first kappa shape index (κ1) is 10.3. The molecule has 0 amide bonds. The summed E-state index contributed by atoms with van der Waals surface area (Å²) in [6.45, 7) is 6.20. The van der Waals surface area contributed by atoms with Crippen LogP contribution in [-0.2, 0) is 0 Å². The van der Waals surface area contributed by atoms with Gasteiger partial charge in [0.25, 0.3) is 0 Å². The van der Waals surface area contributed by atoms with Crippen LogP contribution in [-0.4, -0.2) is 21.0 Å². The Morgan fingerprint density at radius 3 is 2.53 bits per heavy atom. The zero-order valence-corrected chi connectivity index (χ0v) is 9.57. The van der Waals surface area contributed by atoms with Gasteiger partial charge >= 0.3 is 0 Å². The van der Waals surface area contributed by atoms with Gasteiger partial charge in [-0.2, -0.15) is 5.10 Å². The van der Waals surface area contributed by atoms with E-state index in [1.165, 1.54) is 19.1 Å². The Hall–Kier alpha value is -1.19. The van der Waals surface area contributed by atoms with Crippen LogP contribution in [0.4, 0.5) is 0 Å². The Morgan fingerprint density at radius 2 is 2.07 bits per heavy atom. The van der Waals surface area contributed by atoms with Crippen molar-refractivity contribution in [2.45, 2.75) is 51.5 Å². The quantitative estimate of drug-likeness (QED) is 0.769. The lowest BCUT2D eigenvalue weighted by molar-refractivity contribution is 0.500. The van der Waals surface area contributed by atoms with Gasteiger partial charge in [0.1, 0.15) is 5.82 Å². The van der Waals surface area contributed by atoms with E-state index in [1.54, 1.807) is 0 Å². The molecule has 2 rings (SSSR count). The van der Waals surface area contributed by atoms with Gasteiger partial charge in [-0.1, -0.05) is 6.92 Å². The highest BCUT2D eigenvalue weighted by molar-refractivity contribution is 5.62. The summed E-state index contributed by atoms with van der Waals surface area (Å²) < 4.78 is 1.96. The van der Waals surface area contributed by atoms with E-state index in [0.717, 1.165) is 11.6 Å². The van der Waals surface area contributed by atoms with Crippen molar-refractivity contribution < 1.29 is 0 Å². The maximum atomic E-state index is 7.31. The Labute approximate surface area is 90.2 Å². The molecule has 1 aliphatic carbocycles. The fourth-order valence-electron chi connectivity index (χ4n) is 1.63. The molecule has 0 bridgehead atoms. The molecular formula is C11H18N4. The minimum absolute atomic E-state index is 0.0624. The molecule has 1 aromatic rings. The first-order valence-electron chi connectivity index (χ1n) is 5.60. The molecule has 1 atom stereocenters. The predicted molar refractivity (Wildman–Crippen MR) is 59.6 cm³/mol. The molecule has 1 saturated carbocycles. The van der Waals surface area contributed by atoms with Crippen LogP contribution in [0.25, 0.3) is 0 Å². The summed E-state index contributed by atoms with van der Waals surface area (Å²) in [6.07, 6.45) is 3.88. The first-order valence-corrected chi connectivity index (χ1v) is 5.60. The number of hydrogen-bond donors (Lipinski definition) is 1. The van der Waals surface area contributed by atoms with Crippen LogP contribution < -0.4 is 0 Å². The van der Waals surface area contributed by atoms with Crippen molar-refractivity contribution in [3.05, 3.63) is 11.6 Å². The van der Waals surface area contributed by atoms with E-state index >= 15 is 0 Å². The van der Waals surface area contributed by atoms with Crippen molar-refractivity contribution in [3.8, 4) is 0 Å². The molecule has 1 unspecified atom stereocenters. The molecule has 0 aromatic carbocycles. The average Bonchev–Trinajstić information content (AvgIpc) is 2.96. The number of aromatic nitrogens is 3. The van der Waals surface area contributed by atoms with Gasteiger partial charge in [0.15, 0.2) is 5.82 Å². The van der Waals surface area contributed by atoms with Crippen LogP contribution in [0.5, 0.6) is 0 Å². The minimum atomic E-state index is 0.0624. The molecule has 82 valence electrons. The lowest BCUT2D eigenvalue weighted by atomic mass is 10.2. The second-order valence-electron chi connectivity index (χ2n) is 4.60. The number of hydrogen-bond acceptors (Lipinski definition) is 3. The van der Waals surface area contributed by atoms with Crippen LogP contribution in [0.3, 0.4) is 0 Å². The lowest BCUT2D eigenvalue weighted by Gasteiger charge is -2.10. The monoisotopic (exact) mass is 206 g/mol. The number of nitrogens with one attached hydrogen (secondary N) is 1. The third-order valence-electron chi connectivity index (χ3n) is 2.76. The Balaban J connectivity index is 2.36. The van der Waals surface area contributed by atoms with E-state index in [1.807, 2.05) is 11.6 Å². The number of nitrogens with zero attached hydrogens (tertiary/aromatic N) is 3. The Kier molecular flexibility index (Phi) is 2.59. The number of rotatable bonds is 4. The van der Waals surface area contributed by atoms with Crippen molar-refractivity contribution in [1.82, 2.24) is 14.8 Å². The highest BCUT2D eigenvalue weighted by Gasteiger charge is 2.30. The molecule has 4 nitrogen and oxygen atoms in total. The van der Waals surface area contributed by atoms with Crippen LogP contribution in [0.2, 0.25) is 0 Å². The molecule has 0 spiro atoms. The van der Waals surface area contributed by atoms with Gasteiger partial charge in [-0.05, 0) is 26.7 Å². The van der Waals surface area contributed by atoms with Crippen LogP contribution in [0.15, 0.2) is 0 Å². The van der Waals surface area contributed by atoms with E-state index in [4.69, 9.17) is 5.41 Å². The second kappa shape index (κ2) is 3.76. The first-order chi connectivity index (χ1) is 7.13. The van der Waals surface area contributed by atoms with Crippen molar-refractivity contribution in [2.75, 3.05) is 0 Å².